The van der Waals surface area contributed by atoms with Gasteiger partial charge in [-0.05, 0) is 36.4 Å². The molecule has 0 fully saturated rings. The predicted molar refractivity (Wildman–Crippen MR) is 116 cm³/mol. The molecular formula is C21H14F3N3OS2. The number of alkyl halides is 3. The van der Waals surface area contributed by atoms with Crippen LogP contribution in [0.15, 0.2) is 58.9 Å². The van der Waals surface area contributed by atoms with Gasteiger partial charge < -0.3 is 4.90 Å². The second-order valence-corrected chi connectivity index (χ2v) is 8.29. The number of pyridine rings is 1. The molecule has 0 N–H and O–H groups in total. The number of carbonyl (C=O) groups is 1. The molecule has 30 heavy (non-hydrogen) atoms. The minimum atomic E-state index is -4.64. The summed E-state index contributed by atoms with van der Waals surface area (Å²) in [5, 5.41) is 1.57. The van der Waals surface area contributed by atoms with Gasteiger partial charge >= 0.3 is 6.18 Å². The Kier molecular flexibility index (Phi) is 5.17. The molecule has 152 valence electrons. The fourth-order valence-electron chi connectivity index (χ4n) is 3.07. The smallest absolute Gasteiger partial charge is 0.311 e. The number of thiophene rings is 2. The zero-order valence-electron chi connectivity index (χ0n) is 15.6. The first-order valence-electron chi connectivity index (χ1n) is 8.69. The molecule has 0 bridgehead atoms. The molecular weight excluding hydrogens is 431 g/mol. The van der Waals surface area contributed by atoms with Crippen LogP contribution < -0.4 is 4.90 Å². The molecule has 0 unspecified atom stereocenters. The highest BCUT2D eigenvalue weighted by molar-refractivity contribution is 7.21. The lowest BCUT2D eigenvalue weighted by Crippen LogP contribution is -2.25. The van der Waals surface area contributed by atoms with Gasteiger partial charge in [-0.3, -0.25) is 9.79 Å². The number of carbonyl (C=O) groups excluding carboxylic acids is 1. The molecule has 0 aliphatic heterocycles. The van der Waals surface area contributed by atoms with Crippen molar-refractivity contribution < 1.29 is 18.0 Å². The quantitative estimate of drug-likeness (QED) is 0.330. The summed E-state index contributed by atoms with van der Waals surface area (Å²) in [4.78, 5) is 23.5. The normalized spacial score (nSPS) is 11.6. The zero-order valence-corrected chi connectivity index (χ0v) is 17.2. The molecule has 3 heterocycles. The summed E-state index contributed by atoms with van der Waals surface area (Å²) in [5.41, 5.74) is -0.161. The Labute approximate surface area is 178 Å². The lowest BCUT2D eigenvalue weighted by molar-refractivity contribution is -0.136. The van der Waals surface area contributed by atoms with E-state index in [0.717, 1.165) is 17.4 Å². The molecule has 3 aromatic heterocycles. The number of aliphatic imine (C=N–C) groups is 1. The van der Waals surface area contributed by atoms with Crippen LogP contribution in [0, 0.1) is 0 Å². The highest BCUT2D eigenvalue weighted by Crippen LogP contribution is 2.46. The van der Waals surface area contributed by atoms with Crippen molar-refractivity contribution in [3.63, 3.8) is 0 Å². The van der Waals surface area contributed by atoms with E-state index in [1.165, 1.54) is 16.2 Å². The Morgan fingerprint density at radius 2 is 1.90 bits per heavy atom. The summed E-state index contributed by atoms with van der Waals surface area (Å²) in [7, 11) is 1.56. The third-order valence-electron chi connectivity index (χ3n) is 4.52. The van der Waals surface area contributed by atoms with Crippen molar-refractivity contribution in [1.29, 1.82) is 0 Å². The van der Waals surface area contributed by atoms with Crippen LogP contribution in [0.2, 0.25) is 0 Å². The minimum Gasteiger partial charge on any atom is -0.311 e. The van der Waals surface area contributed by atoms with E-state index in [1.54, 1.807) is 48.8 Å². The Bertz CT molecular complexity index is 1230. The zero-order chi connectivity index (χ0) is 21.5. The molecule has 0 radical (unpaired) electrons. The number of benzene rings is 1. The number of halogens is 3. The minimum absolute atomic E-state index is 0.0627. The van der Waals surface area contributed by atoms with Crippen molar-refractivity contribution in [3.05, 3.63) is 64.4 Å². The van der Waals surface area contributed by atoms with Crippen LogP contribution in [0.4, 0.5) is 24.5 Å². The molecule has 0 spiro atoms. The predicted octanol–water partition coefficient (Wildman–Crippen LogP) is 6.65. The molecule has 4 rings (SSSR count). The molecule has 0 atom stereocenters. The summed E-state index contributed by atoms with van der Waals surface area (Å²) >= 11 is 2.18. The van der Waals surface area contributed by atoms with Gasteiger partial charge in [0.15, 0.2) is 0 Å². The van der Waals surface area contributed by atoms with Crippen LogP contribution in [0.1, 0.15) is 15.2 Å². The first kappa shape index (κ1) is 20.2. The van der Waals surface area contributed by atoms with Gasteiger partial charge in [-0.25, -0.2) is 4.98 Å². The molecule has 4 aromatic rings. The standard InChI is InChI=1S/C21H14F3N3OS2/c1-25-17-16-13(21(22,23)24)11-14(15-9-6-10-29-15)26-19(16)30-18(17)20(28)27(2)12-7-4-3-5-8-12/h3-11H,1H2,2H3. The molecule has 0 saturated carbocycles. The molecule has 0 saturated heterocycles. The highest BCUT2D eigenvalue weighted by atomic mass is 32.1. The maximum absolute atomic E-state index is 13.9. The topological polar surface area (TPSA) is 45.6 Å². The van der Waals surface area contributed by atoms with Crippen molar-refractivity contribution in [2.45, 2.75) is 6.18 Å². The molecule has 1 aromatic carbocycles. The van der Waals surface area contributed by atoms with Crippen molar-refractivity contribution >= 4 is 56.9 Å². The van der Waals surface area contributed by atoms with Gasteiger partial charge in [0.2, 0.25) is 0 Å². The first-order valence-corrected chi connectivity index (χ1v) is 10.4. The second kappa shape index (κ2) is 7.66. The van der Waals surface area contributed by atoms with Crippen LogP contribution in [-0.2, 0) is 6.18 Å². The van der Waals surface area contributed by atoms with E-state index in [0.29, 0.717) is 10.6 Å². The lowest BCUT2D eigenvalue weighted by atomic mass is 10.1. The van der Waals surface area contributed by atoms with Crippen molar-refractivity contribution in [2.24, 2.45) is 4.99 Å². The average molecular weight is 445 g/mol. The van der Waals surface area contributed by atoms with Gasteiger partial charge in [-0.2, -0.15) is 13.2 Å². The molecule has 1 amide bonds. The number of aromatic nitrogens is 1. The van der Waals surface area contributed by atoms with E-state index in [2.05, 4.69) is 16.7 Å². The summed E-state index contributed by atoms with van der Waals surface area (Å²) in [6, 6.07) is 13.3. The monoisotopic (exact) mass is 445 g/mol. The highest BCUT2D eigenvalue weighted by Gasteiger charge is 2.37. The number of nitrogens with zero attached hydrogens (tertiary/aromatic N) is 3. The van der Waals surface area contributed by atoms with E-state index < -0.39 is 17.6 Å². The summed E-state index contributed by atoms with van der Waals surface area (Å²) in [5.74, 6) is -0.475. The fourth-order valence-corrected chi connectivity index (χ4v) is 4.89. The van der Waals surface area contributed by atoms with E-state index >= 15 is 0 Å². The number of anilines is 1. The number of amides is 1. The lowest BCUT2D eigenvalue weighted by Gasteiger charge is -2.16. The van der Waals surface area contributed by atoms with Crippen molar-refractivity contribution in [2.75, 3.05) is 11.9 Å². The maximum atomic E-state index is 13.9. The van der Waals surface area contributed by atoms with Crippen LogP contribution >= 0.6 is 22.7 Å². The van der Waals surface area contributed by atoms with E-state index in [9.17, 15) is 18.0 Å². The number of rotatable bonds is 4. The van der Waals surface area contributed by atoms with Crippen LogP contribution in [-0.4, -0.2) is 24.7 Å². The Hall–Kier alpha value is -3.04. The molecule has 9 heteroatoms. The summed E-state index contributed by atoms with van der Waals surface area (Å²) < 4.78 is 41.7. The summed E-state index contributed by atoms with van der Waals surface area (Å²) in [6.07, 6.45) is -4.64. The SMILES string of the molecule is C=Nc1c(C(=O)N(C)c2ccccc2)sc2nc(-c3cccs3)cc(C(F)(F)F)c12. The van der Waals surface area contributed by atoms with Crippen LogP contribution in [0.25, 0.3) is 20.8 Å². The van der Waals surface area contributed by atoms with Gasteiger partial charge in [0, 0.05) is 12.7 Å². The molecule has 4 nitrogen and oxygen atoms in total. The van der Waals surface area contributed by atoms with Crippen LogP contribution in [0.3, 0.4) is 0 Å². The van der Waals surface area contributed by atoms with Gasteiger partial charge in [-0.15, -0.1) is 22.7 Å². The number of para-hydroxylation sites is 1. The van der Waals surface area contributed by atoms with Gasteiger partial charge in [0.05, 0.1) is 27.2 Å². The molecule has 0 aliphatic carbocycles. The van der Waals surface area contributed by atoms with Crippen LogP contribution in [0.5, 0.6) is 0 Å². The van der Waals surface area contributed by atoms with Crippen molar-refractivity contribution in [1.82, 2.24) is 4.98 Å². The Morgan fingerprint density at radius 1 is 1.17 bits per heavy atom. The van der Waals surface area contributed by atoms with Gasteiger partial charge in [-0.1, -0.05) is 24.3 Å². The van der Waals surface area contributed by atoms with E-state index in [-0.39, 0.29) is 26.5 Å². The second-order valence-electron chi connectivity index (χ2n) is 6.35. The van der Waals surface area contributed by atoms with Crippen molar-refractivity contribution in [3.8, 4) is 10.6 Å². The summed E-state index contributed by atoms with van der Waals surface area (Å²) in [6.45, 7) is 3.42. The first-order chi connectivity index (χ1) is 14.3. The third-order valence-corrected chi connectivity index (χ3v) is 6.47. The third kappa shape index (κ3) is 3.50. The van der Waals surface area contributed by atoms with Gasteiger partial charge in [0.1, 0.15) is 9.71 Å². The van der Waals surface area contributed by atoms with E-state index in [1.807, 2.05) is 6.07 Å². The Balaban J connectivity index is 1.94. The fraction of sp³-hybridized carbons (Fsp3) is 0.0952. The Morgan fingerprint density at radius 3 is 2.50 bits per heavy atom. The van der Waals surface area contributed by atoms with Gasteiger partial charge in [0.25, 0.3) is 5.91 Å². The largest absolute Gasteiger partial charge is 0.417 e. The number of hydrogen-bond acceptors (Lipinski definition) is 5. The average Bonchev–Trinajstić information content (AvgIpc) is 3.39. The number of fused-ring (bicyclic) bond motifs is 1. The van der Waals surface area contributed by atoms with E-state index in [4.69, 9.17) is 0 Å². The maximum Gasteiger partial charge on any atom is 0.417 e. The number of hydrogen-bond donors (Lipinski definition) is 0. The molecule has 0 aliphatic rings.